The second-order valence-electron chi connectivity index (χ2n) is 7.38. The van der Waals surface area contributed by atoms with Gasteiger partial charge in [-0.15, -0.1) is 0 Å². The number of fused-ring (bicyclic) bond motifs is 1. The Hall–Kier alpha value is -0.893. The van der Waals surface area contributed by atoms with Gasteiger partial charge in [-0.2, -0.15) is 5.10 Å². The SMILES string of the molecule is CCC(C(N)=O)c1nn(COCC[Si](C)(C)C)c2cc(Cl)c(Br)cc12. The number of benzene rings is 1. The monoisotopic (exact) mass is 445 g/mol. The molecular weight excluding hydrogens is 422 g/mol. The molecule has 1 heterocycles. The average molecular weight is 447 g/mol. The van der Waals surface area contributed by atoms with Gasteiger partial charge >= 0.3 is 0 Å². The standard InChI is InChI=1S/C17H25BrClN3O2Si/c1-5-11(17(20)23)16-12-8-13(18)14(19)9-15(12)22(21-16)10-24-6-7-25(2,3)4/h8-9,11H,5-7,10H2,1-4H3,(H2,20,23). The third-order valence-corrected chi connectivity index (χ3v) is 7.01. The number of halogens is 2. The van der Waals surface area contributed by atoms with E-state index in [2.05, 4.69) is 40.7 Å². The molecule has 2 aromatic rings. The van der Waals surface area contributed by atoms with Crippen molar-refractivity contribution >= 4 is 52.4 Å². The summed E-state index contributed by atoms with van der Waals surface area (Å²) in [5, 5.41) is 6.08. The molecule has 25 heavy (non-hydrogen) atoms. The molecule has 1 aromatic carbocycles. The third-order valence-electron chi connectivity index (χ3n) is 4.11. The fraction of sp³-hybridized carbons (Fsp3) is 0.529. The van der Waals surface area contributed by atoms with Crippen LogP contribution in [0.15, 0.2) is 16.6 Å². The number of rotatable bonds is 8. The molecule has 0 saturated carbocycles. The highest BCUT2D eigenvalue weighted by Crippen LogP contribution is 2.33. The van der Waals surface area contributed by atoms with Crippen LogP contribution in [0.4, 0.5) is 0 Å². The van der Waals surface area contributed by atoms with Crippen LogP contribution in [0.2, 0.25) is 30.7 Å². The number of primary amides is 1. The van der Waals surface area contributed by atoms with Gasteiger partial charge in [0, 0.05) is 24.5 Å². The van der Waals surface area contributed by atoms with Gasteiger partial charge in [-0.3, -0.25) is 4.79 Å². The van der Waals surface area contributed by atoms with Crippen LogP contribution in [0, 0.1) is 0 Å². The number of carbonyl (C=O) groups excluding carboxylic acids is 1. The maximum absolute atomic E-state index is 11.8. The van der Waals surface area contributed by atoms with E-state index in [4.69, 9.17) is 22.1 Å². The molecule has 0 radical (unpaired) electrons. The number of ether oxygens (including phenoxy) is 1. The van der Waals surface area contributed by atoms with E-state index in [0.29, 0.717) is 30.5 Å². The minimum Gasteiger partial charge on any atom is -0.369 e. The predicted octanol–water partition coefficient (Wildman–Crippen LogP) is 4.74. The molecular formula is C17H25BrClN3O2Si. The van der Waals surface area contributed by atoms with Crippen molar-refractivity contribution in [1.82, 2.24) is 9.78 Å². The molecule has 1 unspecified atom stereocenters. The zero-order chi connectivity index (χ0) is 18.8. The lowest BCUT2D eigenvalue weighted by Gasteiger charge is -2.15. The molecule has 0 aliphatic carbocycles. The minimum absolute atomic E-state index is 0.328. The van der Waals surface area contributed by atoms with Gasteiger partial charge in [-0.1, -0.05) is 38.2 Å². The topological polar surface area (TPSA) is 70.1 Å². The van der Waals surface area contributed by atoms with E-state index in [1.165, 1.54) is 0 Å². The number of aromatic nitrogens is 2. The Morgan fingerprint density at radius 1 is 1.44 bits per heavy atom. The van der Waals surface area contributed by atoms with Gasteiger partial charge in [0.05, 0.1) is 22.2 Å². The quantitative estimate of drug-likeness (QED) is 0.470. The average Bonchev–Trinajstić information content (AvgIpc) is 2.82. The Labute approximate surface area is 163 Å². The van der Waals surface area contributed by atoms with Crippen molar-refractivity contribution in [3.63, 3.8) is 0 Å². The van der Waals surface area contributed by atoms with Crippen molar-refractivity contribution in [3.8, 4) is 0 Å². The fourth-order valence-electron chi connectivity index (χ4n) is 2.61. The van der Waals surface area contributed by atoms with Crippen molar-refractivity contribution in [2.24, 2.45) is 5.73 Å². The van der Waals surface area contributed by atoms with Gasteiger partial charge in [0.25, 0.3) is 0 Å². The first-order valence-corrected chi connectivity index (χ1v) is 13.2. The van der Waals surface area contributed by atoms with E-state index in [0.717, 1.165) is 21.4 Å². The zero-order valence-corrected chi connectivity index (χ0v) is 18.4. The predicted molar refractivity (Wildman–Crippen MR) is 109 cm³/mol. The number of nitrogens with zero attached hydrogens (tertiary/aromatic N) is 2. The van der Waals surface area contributed by atoms with Crippen LogP contribution in [-0.2, 0) is 16.3 Å². The molecule has 2 rings (SSSR count). The number of amides is 1. The highest BCUT2D eigenvalue weighted by molar-refractivity contribution is 9.10. The van der Waals surface area contributed by atoms with E-state index in [1.54, 1.807) is 4.68 Å². The normalized spacial score (nSPS) is 13.4. The van der Waals surface area contributed by atoms with Crippen LogP contribution >= 0.6 is 27.5 Å². The van der Waals surface area contributed by atoms with Crippen LogP contribution in [0.1, 0.15) is 25.0 Å². The summed E-state index contributed by atoms with van der Waals surface area (Å²) in [7, 11) is -1.14. The summed E-state index contributed by atoms with van der Waals surface area (Å²) < 4.78 is 8.35. The van der Waals surface area contributed by atoms with E-state index in [9.17, 15) is 4.79 Å². The Morgan fingerprint density at radius 2 is 2.12 bits per heavy atom. The molecule has 1 aromatic heterocycles. The first-order chi connectivity index (χ1) is 11.6. The van der Waals surface area contributed by atoms with Crippen molar-refractivity contribution in [1.29, 1.82) is 0 Å². The molecule has 138 valence electrons. The van der Waals surface area contributed by atoms with Gasteiger partial charge in [0.1, 0.15) is 6.73 Å². The highest BCUT2D eigenvalue weighted by atomic mass is 79.9. The van der Waals surface area contributed by atoms with E-state index in [-0.39, 0.29) is 5.91 Å². The van der Waals surface area contributed by atoms with Crippen molar-refractivity contribution in [2.45, 2.75) is 51.7 Å². The summed E-state index contributed by atoms with van der Waals surface area (Å²) in [6.45, 7) is 9.89. The van der Waals surface area contributed by atoms with Crippen molar-refractivity contribution in [2.75, 3.05) is 6.61 Å². The van der Waals surface area contributed by atoms with Crippen molar-refractivity contribution < 1.29 is 9.53 Å². The first-order valence-electron chi connectivity index (χ1n) is 8.36. The first kappa shape index (κ1) is 20.4. The van der Waals surface area contributed by atoms with Crippen LogP contribution in [-0.4, -0.2) is 30.4 Å². The summed E-state index contributed by atoms with van der Waals surface area (Å²) >= 11 is 9.69. The molecule has 0 spiro atoms. The highest BCUT2D eigenvalue weighted by Gasteiger charge is 2.24. The van der Waals surface area contributed by atoms with Gasteiger partial charge in [-0.25, -0.2) is 4.68 Å². The second-order valence-corrected chi connectivity index (χ2v) is 14.3. The Morgan fingerprint density at radius 3 is 2.68 bits per heavy atom. The summed E-state index contributed by atoms with van der Waals surface area (Å²) in [4.78, 5) is 11.8. The molecule has 0 aliphatic heterocycles. The Balaban J connectivity index is 2.36. The smallest absolute Gasteiger partial charge is 0.226 e. The minimum atomic E-state index is -1.14. The summed E-state index contributed by atoms with van der Waals surface area (Å²) in [5.41, 5.74) is 7.08. The lowest BCUT2D eigenvalue weighted by atomic mass is 9.99. The Bertz CT molecular complexity index is 773. The van der Waals surface area contributed by atoms with E-state index >= 15 is 0 Å². The number of hydrogen-bond donors (Lipinski definition) is 1. The Kier molecular flexibility index (Phi) is 6.70. The van der Waals surface area contributed by atoms with Crippen LogP contribution in [0.25, 0.3) is 10.9 Å². The second kappa shape index (κ2) is 8.20. The number of carbonyl (C=O) groups is 1. The fourth-order valence-corrected chi connectivity index (χ4v) is 3.87. The largest absolute Gasteiger partial charge is 0.369 e. The number of hydrogen-bond acceptors (Lipinski definition) is 3. The molecule has 8 heteroatoms. The van der Waals surface area contributed by atoms with Crippen LogP contribution in [0.5, 0.6) is 0 Å². The van der Waals surface area contributed by atoms with Gasteiger partial charge in [0.15, 0.2) is 0 Å². The third kappa shape index (κ3) is 5.06. The molecule has 0 aliphatic rings. The van der Waals surface area contributed by atoms with Gasteiger partial charge in [-0.05, 0) is 40.5 Å². The van der Waals surface area contributed by atoms with Crippen molar-refractivity contribution in [3.05, 3.63) is 27.3 Å². The van der Waals surface area contributed by atoms with E-state index in [1.807, 2.05) is 19.1 Å². The summed E-state index contributed by atoms with van der Waals surface area (Å²) in [5.74, 6) is -0.807. The van der Waals surface area contributed by atoms with E-state index < -0.39 is 14.0 Å². The maximum atomic E-state index is 11.8. The zero-order valence-electron chi connectivity index (χ0n) is 15.1. The van der Waals surface area contributed by atoms with Crippen LogP contribution in [0.3, 0.4) is 0 Å². The molecule has 1 amide bonds. The lowest BCUT2D eigenvalue weighted by molar-refractivity contribution is -0.119. The molecule has 0 fully saturated rings. The van der Waals surface area contributed by atoms with Crippen LogP contribution < -0.4 is 5.73 Å². The summed E-state index contributed by atoms with van der Waals surface area (Å²) in [6.07, 6.45) is 0.595. The van der Waals surface area contributed by atoms with Gasteiger partial charge in [0.2, 0.25) is 5.91 Å². The van der Waals surface area contributed by atoms with Gasteiger partial charge < -0.3 is 10.5 Å². The maximum Gasteiger partial charge on any atom is 0.226 e. The summed E-state index contributed by atoms with van der Waals surface area (Å²) in [6, 6.07) is 4.82. The lowest BCUT2D eigenvalue weighted by Crippen LogP contribution is -2.22. The molecule has 2 N–H and O–H groups in total. The molecule has 0 bridgehead atoms. The molecule has 5 nitrogen and oxygen atoms in total. The molecule has 1 atom stereocenters. The number of nitrogens with two attached hydrogens (primary N) is 1. The molecule has 0 saturated heterocycles.